The van der Waals surface area contributed by atoms with Crippen molar-refractivity contribution in [3.05, 3.63) is 5.51 Å². The van der Waals surface area contributed by atoms with Gasteiger partial charge in [-0.2, -0.15) is 0 Å². The van der Waals surface area contributed by atoms with Gasteiger partial charge in [0, 0.05) is 45.6 Å². The lowest BCUT2D eigenvalue weighted by Crippen LogP contribution is -2.53. The molecule has 20 heavy (non-hydrogen) atoms. The number of carbonyl (C=O) groups is 1. The van der Waals surface area contributed by atoms with Gasteiger partial charge in [0.05, 0.1) is 6.10 Å². The molecule has 7 heteroatoms. The van der Waals surface area contributed by atoms with Gasteiger partial charge in [-0.05, 0) is 12.8 Å². The maximum atomic E-state index is 12.4. The minimum atomic E-state index is 0.0690. The molecule has 0 bridgehead atoms. The Morgan fingerprint density at radius 2 is 2.35 bits per heavy atom. The largest absolute Gasteiger partial charge is 0.378 e. The minimum Gasteiger partial charge on any atom is -0.378 e. The summed E-state index contributed by atoms with van der Waals surface area (Å²) in [4.78, 5) is 16.3. The molecule has 1 aromatic heterocycles. The van der Waals surface area contributed by atoms with Crippen molar-refractivity contribution in [3.63, 3.8) is 0 Å². The van der Waals surface area contributed by atoms with Crippen LogP contribution in [0, 0.1) is 11.8 Å². The van der Waals surface area contributed by atoms with Crippen molar-refractivity contribution in [1.29, 1.82) is 0 Å². The van der Waals surface area contributed by atoms with Crippen molar-refractivity contribution >= 4 is 22.4 Å². The van der Waals surface area contributed by atoms with Crippen molar-refractivity contribution in [1.82, 2.24) is 15.1 Å². The van der Waals surface area contributed by atoms with Gasteiger partial charge in [-0.3, -0.25) is 4.79 Å². The summed E-state index contributed by atoms with van der Waals surface area (Å²) < 4.78 is 5.88. The highest BCUT2D eigenvalue weighted by Gasteiger charge is 2.42. The van der Waals surface area contributed by atoms with Crippen LogP contribution in [-0.2, 0) is 9.53 Å². The summed E-state index contributed by atoms with van der Waals surface area (Å²) in [6.07, 6.45) is 1.99. The highest BCUT2D eigenvalue weighted by Crippen LogP contribution is 2.35. The van der Waals surface area contributed by atoms with E-state index in [0.29, 0.717) is 6.61 Å². The molecule has 6 nitrogen and oxygen atoms in total. The predicted octanol–water partition coefficient (Wildman–Crippen LogP) is 0.858. The number of piperidine rings is 1. The van der Waals surface area contributed by atoms with Crippen LogP contribution in [0.15, 0.2) is 5.51 Å². The van der Waals surface area contributed by atoms with Gasteiger partial charge in [0.2, 0.25) is 11.0 Å². The molecule has 110 valence electrons. The fourth-order valence-corrected chi connectivity index (χ4v) is 3.83. The molecule has 0 aliphatic carbocycles. The van der Waals surface area contributed by atoms with Gasteiger partial charge in [0.15, 0.2) is 0 Å². The van der Waals surface area contributed by atoms with Gasteiger partial charge >= 0.3 is 0 Å². The first-order valence-electron chi connectivity index (χ1n) is 7.00. The lowest BCUT2D eigenvalue weighted by Gasteiger charge is -2.44. The van der Waals surface area contributed by atoms with E-state index in [2.05, 4.69) is 15.1 Å². The van der Waals surface area contributed by atoms with Crippen LogP contribution in [0.3, 0.4) is 0 Å². The van der Waals surface area contributed by atoms with Crippen molar-refractivity contribution in [2.75, 3.05) is 38.7 Å². The van der Waals surface area contributed by atoms with Crippen molar-refractivity contribution < 1.29 is 9.53 Å². The maximum Gasteiger partial charge on any atom is 0.225 e. The van der Waals surface area contributed by atoms with Gasteiger partial charge in [-0.25, -0.2) is 0 Å². The Labute approximate surface area is 122 Å². The number of carbonyl (C=O) groups excluding carboxylic acids is 1. The number of hydrogen-bond acceptors (Lipinski definition) is 6. The van der Waals surface area contributed by atoms with Crippen LogP contribution in [0.2, 0.25) is 0 Å². The molecule has 1 amide bonds. The minimum absolute atomic E-state index is 0.0690. The standard InChI is InChI=1S/C13H20N4O2S/c1-16(2)12(18)9-4-6-19-11-3-5-17(7-10(9)11)13-15-14-8-20-13/h8-11H,3-7H2,1-2H3/t9-,10-,11-/m1/s1. The molecule has 3 heterocycles. The van der Waals surface area contributed by atoms with E-state index < -0.39 is 0 Å². The van der Waals surface area contributed by atoms with E-state index in [1.54, 1.807) is 21.7 Å². The van der Waals surface area contributed by atoms with Crippen molar-refractivity contribution in [3.8, 4) is 0 Å². The molecule has 0 spiro atoms. The third kappa shape index (κ3) is 2.52. The molecule has 0 radical (unpaired) electrons. The second-order valence-corrected chi connectivity index (χ2v) is 6.47. The normalized spacial score (nSPS) is 29.9. The van der Waals surface area contributed by atoms with E-state index in [9.17, 15) is 4.79 Å². The monoisotopic (exact) mass is 296 g/mol. The van der Waals surface area contributed by atoms with E-state index >= 15 is 0 Å². The molecule has 2 aliphatic heterocycles. The van der Waals surface area contributed by atoms with Gasteiger partial charge in [-0.1, -0.05) is 11.3 Å². The Bertz CT molecular complexity index is 465. The molecule has 2 aliphatic rings. The fraction of sp³-hybridized carbons (Fsp3) is 0.769. The van der Waals surface area contributed by atoms with Crippen molar-refractivity contribution in [2.45, 2.75) is 18.9 Å². The molecule has 2 saturated heterocycles. The zero-order valence-electron chi connectivity index (χ0n) is 11.9. The number of ether oxygens (including phenoxy) is 1. The van der Waals surface area contributed by atoms with E-state index in [1.165, 1.54) is 0 Å². The van der Waals surface area contributed by atoms with E-state index in [0.717, 1.165) is 31.1 Å². The van der Waals surface area contributed by atoms with Crippen LogP contribution < -0.4 is 4.90 Å². The Morgan fingerprint density at radius 3 is 3.05 bits per heavy atom. The molecule has 0 saturated carbocycles. The fourth-order valence-electron chi connectivity index (χ4n) is 3.23. The molecule has 1 aromatic rings. The summed E-state index contributed by atoms with van der Waals surface area (Å²) in [5.74, 6) is 0.554. The van der Waals surface area contributed by atoms with Gasteiger partial charge in [-0.15, -0.1) is 10.2 Å². The summed E-state index contributed by atoms with van der Waals surface area (Å²) in [6.45, 7) is 2.47. The lowest BCUT2D eigenvalue weighted by atomic mass is 9.79. The summed E-state index contributed by atoms with van der Waals surface area (Å²) >= 11 is 1.55. The number of anilines is 1. The second kappa shape index (κ2) is 5.65. The van der Waals surface area contributed by atoms with Crippen LogP contribution in [0.4, 0.5) is 5.13 Å². The zero-order chi connectivity index (χ0) is 14.1. The van der Waals surface area contributed by atoms with Crippen LogP contribution in [0.25, 0.3) is 0 Å². The van der Waals surface area contributed by atoms with E-state index in [1.807, 2.05) is 14.1 Å². The van der Waals surface area contributed by atoms with Gasteiger partial charge in [0.25, 0.3) is 0 Å². The van der Waals surface area contributed by atoms with Gasteiger partial charge < -0.3 is 14.5 Å². The first-order valence-corrected chi connectivity index (χ1v) is 7.88. The number of nitrogens with zero attached hydrogens (tertiary/aromatic N) is 4. The van der Waals surface area contributed by atoms with Crippen LogP contribution in [-0.4, -0.2) is 60.9 Å². The zero-order valence-corrected chi connectivity index (χ0v) is 12.7. The third-order valence-corrected chi connectivity index (χ3v) is 5.00. The first-order chi connectivity index (χ1) is 9.66. The molecule has 3 rings (SSSR count). The smallest absolute Gasteiger partial charge is 0.225 e. The molecule has 0 aromatic carbocycles. The third-order valence-electron chi connectivity index (χ3n) is 4.25. The molecule has 2 fully saturated rings. The summed E-state index contributed by atoms with van der Waals surface area (Å²) in [7, 11) is 3.66. The Hall–Kier alpha value is -1.21. The second-order valence-electron chi connectivity index (χ2n) is 5.66. The lowest BCUT2D eigenvalue weighted by molar-refractivity contribution is -0.144. The molecule has 0 N–H and O–H groups in total. The summed E-state index contributed by atoms with van der Waals surface area (Å²) in [5.41, 5.74) is 1.75. The van der Waals surface area contributed by atoms with Crippen LogP contribution in [0.1, 0.15) is 12.8 Å². The number of aromatic nitrogens is 2. The average Bonchev–Trinajstić information content (AvgIpc) is 2.99. The summed E-state index contributed by atoms with van der Waals surface area (Å²) in [6, 6.07) is 0. The topological polar surface area (TPSA) is 58.6 Å². The number of fused-ring (bicyclic) bond motifs is 1. The SMILES string of the molecule is CN(C)C(=O)[C@@H]1CCO[C@@H]2CCN(c3nncs3)C[C@@H]21. The maximum absolute atomic E-state index is 12.4. The highest BCUT2D eigenvalue weighted by molar-refractivity contribution is 7.13. The quantitative estimate of drug-likeness (QED) is 0.810. The van der Waals surface area contributed by atoms with Crippen molar-refractivity contribution in [2.24, 2.45) is 11.8 Å². The summed E-state index contributed by atoms with van der Waals surface area (Å²) in [5, 5.41) is 8.99. The van der Waals surface area contributed by atoms with Crippen LogP contribution >= 0.6 is 11.3 Å². The Balaban J connectivity index is 1.76. The molecular weight excluding hydrogens is 276 g/mol. The average molecular weight is 296 g/mol. The number of rotatable bonds is 2. The Kier molecular flexibility index (Phi) is 3.89. The predicted molar refractivity (Wildman–Crippen MR) is 76.8 cm³/mol. The molecular formula is C13H20N4O2S. The molecule has 0 unspecified atom stereocenters. The Morgan fingerprint density at radius 1 is 1.50 bits per heavy atom. The van der Waals surface area contributed by atoms with Crippen LogP contribution in [0.5, 0.6) is 0 Å². The van der Waals surface area contributed by atoms with Gasteiger partial charge in [0.1, 0.15) is 5.51 Å². The molecule has 3 atom stereocenters. The van der Waals surface area contributed by atoms with E-state index in [-0.39, 0.29) is 23.8 Å². The number of amides is 1. The number of hydrogen-bond donors (Lipinski definition) is 0. The van der Waals surface area contributed by atoms with E-state index in [4.69, 9.17) is 4.74 Å². The first kappa shape index (κ1) is 13.8. The highest BCUT2D eigenvalue weighted by atomic mass is 32.1.